The van der Waals surface area contributed by atoms with Gasteiger partial charge < -0.3 is 14.7 Å². The molecule has 0 aromatic heterocycles. The lowest BCUT2D eigenvalue weighted by molar-refractivity contribution is -0.144. The van der Waals surface area contributed by atoms with E-state index in [9.17, 15) is 19.1 Å². The van der Waals surface area contributed by atoms with Crippen LogP contribution in [0.2, 0.25) is 0 Å². The van der Waals surface area contributed by atoms with Crippen molar-refractivity contribution in [1.82, 2.24) is 9.80 Å². The van der Waals surface area contributed by atoms with E-state index in [1.54, 1.807) is 36.6 Å². The first-order chi connectivity index (χ1) is 11.2. The van der Waals surface area contributed by atoms with E-state index in [1.165, 1.54) is 18.2 Å². The fourth-order valence-corrected chi connectivity index (χ4v) is 2.67. The van der Waals surface area contributed by atoms with Crippen LogP contribution in [-0.2, 0) is 9.53 Å². The van der Waals surface area contributed by atoms with Crippen molar-refractivity contribution in [3.8, 4) is 0 Å². The van der Waals surface area contributed by atoms with Crippen molar-refractivity contribution in [3.63, 3.8) is 0 Å². The number of hydrogen-bond acceptors (Lipinski definition) is 4. The predicted molar refractivity (Wildman–Crippen MR) is 86.2 cm³/mol. The molecule has 1 aromatic rings. The molecule has 0 bridgehead atoms. The summed E-state index contributed by atoms with van der Waals surface area (Å²) in [7, 11) is 0. The molecule has 2 rings (SSSR count). The summed E-state index contributed by atoms with van der Waals surface area (Å²) >= 11 is 0. The van der Waals surface area contributed by atoms with Gasteiger partial charge in [0.05, 0.1) is 0 Å². The maximum Gasteiger partial charge on any atom is 0.410 e. The number of amides is 1. The number of carboxylic acids is 1. The molecule has 1 saturated heterocycles. The highest BCUT2D eigenvalue weighted by Gasteiger charge is 2.34. The quantitative estimate of drug-likeness (QED) is 0.917. The SMILES string of the molecule is CC(C)(C)OC(=O)N1CCN(C(C(=O)O)c2ccccc2F)CC1. The normalized spacial score (nSPS) is 17.4. The Labute approximate surface area is 140 Å². The highest BCUT2D eigenvalue weighted by Crippen LogP contribution is 2.25. The molecular weight excluding hydrogens is 315 g/mol. The number of piperazine rings is 1. The molecule has 1 amide bonds. The van der Waals surface area contributed by atoms with Crippen molar-refractivity contribution in [2.24, 2.45) is 0 Å². The molecule has 1 heterocycles. The fraction of sp³-hybridized carbons (Fsp3) is 0.529. The standard InChI is InChI=1S/C17H23FN2O4/c1-17(2,3)24-16(23)20-10-8-19(9-11-20)14(15(21)22)12-6-4-5-7-13(12)18/h4-7,14H,8-11H2,1-3H3,(H,21,22). The fourth-order valence-electron chi connectivity index (χ4n) is 2.67. The van der Waals surface area contributed by atoms with Crippen molar-refractivity contribution >= 4 is 12.1 Å². The minimum absolute atomic E-state index is 0.135. The van der Waals surface area contributed by atoms with Gasteiger partial charge in [-0.1, -0.05) is 18.2 Å². The Kier molecular flexibility index (Phi) is 5.43. The zero-order valence-electron chi connectivity index (χ0n) is 14.2. The second kappa shape index (κ2) is 7.17. The Hall–Kier alpha value is -2.15. The van der Waals surface area contributed by atoms with Crippen molar-refractivity contribution in [2.45, 2.75) is 32.4 Å². The number of carbonyl (C=O) groups is 2. The number of benzene rings is 1. The van der Waals surface area contributed by atoms with Crippen LogP contribution in [0.1, 0.15) is 32.4 Å². The number of halogens is 1. The van der Waals surface area contributed by atoms with Gasteiger partial charge in [0.1, 0.15) is 17.5 Å². The third-order valence-corrected chi connectivity index (χ3v) is 3.76. The molecule has 1 atom stereocenters. The molecule has 1 aliphatic rings. The van der Waals surface area contributed by atoms with E-state index < -0.39 is 29.5 Å². The average molecular weight is 338 g/mol. The molecule has 0 spiro atoms. The molecule has 7 heteroatoms. The third-order valence-electron chi connectivity index (χ3n) is 3.76. The molecule has 1 aliphatic heterocycles. The van der Waals surface area contributed by atoms with Crippen LogP contribution >= 0.6 is 0 Å². The molecule has 24 heavy (non-hydrogen) atoms. The first kappa shape index (κ1) is 18.2. The predicted octanol–water partition coefficient (Wildman–Crippen LogP) is 2.50. The molecule has 0 aliphatic carbocycles. The number of hydrogen-bond donors (Lipinski definition) is 1. The molecule has 1 unspecified atom stereocenters. The van der Waals surface area contributed by atoms with E-state index in [2.05, 4.69) is 0 Å². The minimum Gasteiger partial charge on any atom is -0.480 e. The number of ether oxygens (including phenoxy) is 1. The van der Waals surface area contributed by atoms with Crippen molar-refractivity contribution < 1.29 is 23.8 Å². The van der Waals surface area contributed by atoms with Gasteiger partial charge in [-0.3, -0.25) is 9.69 Å². The van der Waals surface area contributed by atoms with Crippen molar-refractivity contribution in [3.05, 3.63) is 35.6 Å². The molecule has 6 nitrogen and oxygen atoms in total. The first-order valence-corrected chi connectivity index (χ1v) is 7.88. The molecule has 1 aromatic carbocycles. The lowest BCUT2D eigenvalue weighted by Crippen LogP contribution is -2.52. The van der Waals surface area contributed by atoms with Gasteiger partial charge >= 0.3 is 12.1 Å². The topological polar surface area (TPSA) is 70.1 Å². The van der Waals surface area contributed by atoms with Crippen LogP contribution < -0.4 is 0 Å². The van der Waals surface area contributed by atoms with E-state index in [0.29, 0.717) is 26.2 Å². The molecular formula is C17H23FN2O4. The van der Waals surface area contributed by atoms with E-state index in [1.807, 2.05) is 0 Å². The summed E-state index contributed by atoms with van der Waals surface area (Å²) in [4.78, 5) is 26.9. The lowest BCUT2D eigenvalue weighted by Gasteiger charge is -2.38. The van der Waals surface area contributed by atoms with Crippen molar-refractivity contribution in [2.75, 3.05) is 26.2 Å². The summed E-state index contributed by atoms with van der Waals surface area (Å²) in [5.41, 5.74) is -0.443. The smallest absolute Gasteiger partial charge is 0.410 e. The summed E-state index contributed by atoms with van der Waals surface area (Å²) in [6.45, 7) is 6.73. The summed E-state index contributed by atoms with van der Waals surface area (Å²) < 4.78 is 19.3. The van der Waals surface area contributed by atoms with Gasteiger partial charge in [0, 0.05) is 31.7 Å². The molecule has 1 N–H and O–H groups in total. The Bertz CT molecular complexity index is 607. The zero-order valence-corrected chi connectivity index (χ0v) is 14.2. The Morgan fingerprint density at radius 1 is 1.17 bits per heavy atom. The van der Waals surface area contributed by atoms with Gasteiger partial charge in [0.25, 0.3) is 0 Å². The Morgan fingerprint density at radius 2 is 1.75 bits per heavy atom. The maximum atomic E-state index is 14.0. The monoisotopic (exact) mass is 338 g/mol. The number of carboxylic acid groups (broad SMARTS) is 1. The van der Waals surface area contributed by atoms with Gasteiger partial charge in [0.2, 0.25) is 0 Å². The largest absolute Gasteiger partial charge is 0.480 e. The van der Waals surface area contributed by atoms with Crippen molar-refractivity contribution in [1.29, 1.82) is 0 Å². The number of aliphatic carboxylic acids is 1. The van der Waals surface area contributed by atoms with Crippen LogP contribution in [0.25, 0.3) is 0 Å². The second-order valence-electron chi connectivity index (χ2n) is 6.77. The van der Waals surface area contributed by atoms with Crippen LogP contribution in [0.5, 0.6) is 0 Å². The van der Waals surface area contributed by atoms with Gasteiger partial charge in [0.15, 0.2) is 0 Å². The maximum absolute atomic E-state index is 14.0. The minimum atomic E-state index is -1.11. The Balaban J connectivity index is 2.05. The zero-order chi connectivity index (χ0) is 17.9. The number of carbonyl (C=O) groups excluding carboxylic acids is 1. The van der Waals surface area contributed by atoms with E-state index in [-0.39, 0.29) is 5.56 Å². The van der Waals surface area contributed by atoms with E-state index in [0.717, 1.165) is 0 Å². The van der Waals surface area contributed by atoms with Crippen LogP contribution in [0.4, 0.5) is 9.18 Å². The average Bonchev–Trinajstić information content (AvgIpc) is 2.48. The summed E-state index contributed by atoms with van der Waals surface area (Å²) in [5.74, 6) is -1.65. The van der Waals surface area contributed by atoms with Crippen LogP contribution in [0.3, 0.4) is 0 Å². The first-order valence-electron chi connectivity index (χ1n) is 7.88. The number of nitrogens with zero attached hydrogens (tertiary/aromatic N) is 2. The van der Waals surface area contributed by atoms with E-state index >= 15 is 0 Å². The van der Waals surface area contributed by atoms with Crippen LogP contribution in [0, 0.1) is 5.82 Å². The van der Waals surface area contributed by atoms with Gasteiger partial charge in [-0.2, -0.15) is 0 Å². The second-order valence-corrected chi connectivity index (χ2v) is 6.77. The van der Waals surface area contributed by atoms with E-state index in [4.69, 9.17) is 4.74 Å². The molecule has 132 valence electrons. The summed E-state index contributed by atoms with van der Waals surface area (Å²) in [5, 5.41) is 9.52. The highest BCUT2D eigenvalue weighted by molar-refractivity contribution is 5.75. The van der Waals surface area contributed by atoms with Gasteiger partial charge in [-0.25, -0.2) is 9.18 Å². The van der Waals surface area contributed by atoms with Crippen LogP contribution in [-0.4, -0.2) is 58.7 Å². The lowest BCUT2D eigenvalue weighted by atomic mass is 10.0. The van der Waals surface area contributed by atoms with Gasteiger partial charge in [-0.15, -0.1) is 0 Å². The van der Waals surface area contributed by atoms with Gasteiger partial charge in [-0.05, 0) is 26.8 Å². The molecule has 1 fully saturated rings. The highest BCUT2D eigenvalue weighted by atomic mass is 19.1. The Morgan fingerprint density at radius 3 is 2.25 bits per heavy atom. The molecule has 0 radical (unpaired) electrons. The number of rotatable bonds is 3. The summed E-state index contributed by atoms with van der Waals surface area (Å²) in [6, 6.07) is 4.81. The summed E-state index contributed by atoms with van der Waals surface area (Å²) in [6.07, 6.45) is -0.417. The molecule has 0 saturated carbocycles. The third kappa shape index (κ3) is 4.44. The van der Waals surface area contributed by atoms with Crippen LogP contribution in [0.15, 0.2) is 24.3 Å².